The highest BCUT2D eigenvalue weighted by Crippen LogP contribution is 2.44. The van der Waals surface area contributed by atoms with E-state index in [4.69, 9.17) is 5.73 Å². The molecule has 1 saturated carbocycles. The van der Waals surface area contributed by atoms with Crippen LogP contribution in [0.3, 0.4) is 0 Å². The largest absolute Gasteiger partial charge is 0.324 e. The number of benzene rings is 1. The third kappa shape index (κ3) is 2.84. The van der Waals surface area contributed by atoms with Crippen molar-refractivity contribution in [3.05, 3.63) is 40.2 Å². The van der Waals surface area contributed by atoms with Crippen molar-refractivity contribution < 1.29 is 4.39 Å². The van der Waals surface area contributed by atoms with Crippen LogP contribution in [0, 0.1) is 11.7 Å². The average Bonchev–Trinajstić information content (AvgIpc) is 3.16. The fourth-order valence-corrected chi connectivity index (χ4v) is 3.31. The quantitative estimate of drug-likeness (QED) is 0.862. The molecule has 3 rings (SSSR count). The maximum absolute atomic E-state index is 13.4. The van der Waals surface area contributed by atoms with Crippen molar-refractivity contribution in [1.29, 1.82) is 0 Å². The Bertz CT molecular complexity index is 698. The Balaban J connectivity index is 2.19. The predicted octanol–water partition coefficient (Wildman–Crippen LogP) is 4.62. The standard InChI is InChI=1S/C17H21BrFN3/c1-17(2,3)22-16(12-7-6-11(19)8-14(12)18)13(9-21-22)15(20)10-4-5-10/h6-10,15H,4-5,20H2,1-3H3/t15-/m1/s1. The van der Waals surface area contributed by atoms with Gasteiger partial charge in [-0.15, -0.1) is 0 Å². The van der Waals surface area contributed by atoms with E-state index in [1.807, 2.05) is 10.9 Å². The maximum atomic E-state index is 13.4. The molecule has 118 valence electrons. The summed E-state index contributed by atoms with van der Waals surface area (Å²) in [5.74, 6) is 0.279. The molecule has 0 radical (unpaired) electrons. The second-order valence-corrected chi connectivity index (χ2v) is 7.87. The highest BCUT2D eigenvalue weighted by Gasteiger charge is 2.34. The third-order valence-corrected chi connectivity index (χ3v) is 4.76. The van der Waals surface area contributed by atoms with Crippen LogP contribution in [-0.2, 0) is 5.54 Å². The van der Waals surface area contributed by atoms with E-state index in [-0.39, 0.29) is 17.4 Å². The Morgan fingerprint density at radius 2 is 2.05 bits per heavy atom. The summed E-state index contributed by atoms with van der Waals surface area (Å²) in [5, 5.41) is 4.58. The summed E-state index contributed by atoms with van der Waals surface area (Å²) < 4.78 is 16.2. The first kappa shape index (κ1) is 15.7. The molecule has 22 heavy (non-hydrogen) atoms. The van der Waals surface area contributed by atoms with Crippen LogP contribution < -0.4 is 5.73 Å². The van der Waals surface area contributed by atoms with Gasteiger partial charge in [-0.2, -0.15) is 5.10 Å². The lowest BCUT2D eigenvalue weighted by atomic mass is 9.98. The molecule has 1 aromatic heterocycles. The molecule has 1 fully saturated rings. The van der Waals surface area contributed by atoms with E-state index < -0.39 is 0 Å². The minimum atomic E-state index is -0.259. The molecule has 1 heterocycles. The number of nitrogens with zero attached hydrogens (tertiary/aromatic N) is 2. The number of hydrogen-bond acceptors (Lipinski definition) is 2. The smallest absolute Gasteiger partial charge is 0.124 e. The number of aromatic nitrogens is 2. The van der Waals surface area contributed by atoms with Gasteiger partial charge in [-0.1, -0.05) is 0 Å². The molecular weight excluding hydrogens is 345 g/mol. The highest BCUT2D eigenvalue weighted by atomic mass is 79.9. The molecule has 1 aliphatic carbocycles. The van der Waals surface area contributed by atoms with Gasteiger partial charge in [0, 0.05) is 21.6 Å². The Morgan fingerprint density at radius 1 is 1.36 bits per heavy atom. The van der Waals surface area contributed by atoms with Crippen molar-refractivity contribution in [2.45, 2.75) is 45.2 Å². The molecule has 0 bridgehead atoms. The van der Waals surface area contributed by atoms with Crippen molar-refractivity contribution in [2.75, 3.05) is 0 Å². The zero-order valence-electron chi connectivity index (χ0n) is 13.1. The lowest BCUT2D eigenvalue weighted by Crippen LogP contribution is -2.25. The summed E-state index contributed by atoms with van der Waals surface area (Å²) in [6, 6.07) is 4.75. The first-order chi connectivity index (χ1) is 10.3. The minimum Gasteiger partial charge on any atom is -0.324 e. The molecule has 1 atom stereocenters. The zero-order valence-corrected chi connectivity index (χ0v) is 14.7. The summed E-state index contributed by atoms with van der Waals surface area (Å²) >= 11 is 3.48. The van der Waals surface area contributed by atoms with Gasteiger partial charge in [0.25, 0.3) is 0 Å². The van der Waals surface area contributed by atoms with E-state index in [1.54, 1.807) is 6.07 Å². The van der Waals surface area contributed by atoms with Crippen LogP contribution in [0.2, 0.25) is 0 Å². The molecule has 2 aromatic rings. The van der Waals surface area contributed by atoms with Crippen LogP contribution >= 0.6 is 15.9 Å². The highest BCUT2D eigenvalue weighted by molar-refractivity contribution is 9.10. The fourth-order valence-electron chi connectivity index (χ4n) is 2.77. The molecule has 3 nitrogen and oxygen atoms in total. The summed E-state index contributed by atoms with van der Waals surface area (Å²) in [5.41, 5.74) is 9.22. The SMILES string of the molecule is CC(C)(C)n1ncc([C@H](N)C2CC2)c1-c1ccc(F)cc1Br. The van der Waals surface area contributed by atoms with Gasteiger partial charge in [-0.3, -0.25) is 4.68 Å². The first-order valence-corrected chi connectivity index (χ1v) is 8.37. The Morgan fingerprint density at radius 3 is 2.59 bits per heavy atom. The van der Waals surface area contributed by atoms with Gasteiger partial charge < -0.3 is 5.73 Å². The normalized spacial score (nSPS) is 16.8. The average molecular weight is 366 g/mol. The Hall–Kier alpha value is -1.20. The Labute approximate surface area is 138 Å². The van der Waals surface area contributed by atoms with Gasteiger partial charge in [-0.05, 0) is 73.7 Å². The van der Waals surface area contributed by atoms with E-state index in [0.29, 0.717) is 5.92 Å². The molecule has 0 saturated heterocycles. The van der Waals surface area contributed by atoms with Crippen LogP contribution in [0.15, 0.2) is 28.9 Å². The van der Waals surface area contributed by atoms with E-state index in [2.05, 4.69) is 41.8 Å². The fraction of sp³-hybridized carbons (Fsp3) is 0.471. The molecule has 0 spiro atoms. The molecule has 0 aliphatic heterocycles. The van der Waals surface area contributed by atoms with Crippen LogP contribution in [0.1, 0.15) is 45.2 Å². The topological polar surface area (TPSA) is 43.8 Å². The Kier molecular flexibility index (Phi) is 3.89. The predicted molar refractivity (Wildman–Crippen MR) is 90.0 cm³/mol. The van der Waals surface area contributed by atoms with Crippen LogP contribution in [0.5, 0.6) is 0 Å². The molecule has 5 heteroatoms. The third-order valence-electron chi connectivity index (χ3n) is 4.11. The van der Waals surface area contributed by atoms with E-state index in [0.717, 1.165) is 21.3 Å². The molecule has 1 aromatic carbocycles. The van der Waals surface area contributed by atoms with Gasteiger partial charge >= 0.3 is 0 Å². The monoisotopic (exact) mass is 365 g/mol. The number of halogens is 2. The number of nitrogens with two attached hydrogens (primary N) is 1. The lowest BCUT2D eigenvalue weighted by molar-refractivity contribution is 0.359. The second kappa shape index (κ2) is 5.46. The zero-order chi connectivity index (χ0) is 16.1. The minimum absolute atomic E-state index is 0.0111. The molecule has 0 unspecified atom stereocenters. The van der Waals surface area contributed by atoms with Crippen LogP contribution in [0.25, 0.3) is 11.3 Å². The van der Waals surface area contributed by atoms with Crippen molar-refractivity contribution >= 4 is 15.9 Å². The molecular formula is C17H21BrFN3. The van der Waals surface area contributed by atoms with Crippen molar-refractivity contribution in [2.24, 2.45) is 11.7 Å². The van der Waals surface area contributed by atoms with E-state index in [1.165, 1.54) is 25.0 Å². The maximum Gasteiger partial charge on any atom is 0.124 e. The van der Waals surface area contributed by atoms with E-state index in [9.17, 15) is 4.39 Å². The number of rotatable bonds is 3. The number of hydrogen-bond donors (Lipinski definition) is 1. The van der Waals surface area contributed by atoms with Crippen LogP contribution in [-0.4, -0.2) is 9.78 Å². The van der Waals surface area contributed by atoms with Crippen LogP contribution in [0.4, 0.5) is 4.39 Å². The van der Waals surface area contributed by atoms with Gasteiger partial charge in [0.1, 0.15) is 5.82 Å². The van der Waals surface area contributed by atoms with E-state index >= 15 is 0 Å². The first-order valence-electron chi connectivity index (χ1n) is 7.58. The van der Waals surface area contributed by atoms with Gasteiger partial charge in [0.05, 0.1) is 17.4 Å². The van der Waals surface area contributed by atoms with Crippen molar-refractivity contribution in [3.63, 3.8) is 0 Å². The summed E-state index contributed by atoms with van der Waals surface area (Å²) in [6.07, 6.45) is 4.22. The second-order valence-electron chi connectivity index (χ2n) is 7.02. The summed E-state index contributed by atoms with van der Waals surface area (Å²) in [6.45, 7) is 6.31. The van der Waals surface area contributed by atoms with Gasteiger partial charge in [0.15, 0.2) is 0 Å². The van der Waals surface area contributed by atoms with Gasteiger partial charge in [0.2, 0.25) is 0 Å². The molecule has 0 amide bonds. The molecule has 1 aliphatic rings. The van der Waals surface area contributed by atoms with Crippen molar-refractivity contribution in [3.8, 4) is 11.3 Å². The lowest BCUT2D eigenvalue weighted by Gasteiger charge is -2.24. The van der Waals surface area contributed by atoms with Gasteiger partial charge in [-0.25, -0.2) is 4.39 Å². The summed E-state index contributed by atoms with van der Waals surface area (Å²) in [4.78, 5) is 0. The molecule has 2 N–H and O–H groups in total. The summed E-state index contributed by atoms with van der Waals surface area (Å²) in [7, 11) is 0. The van der Waals surface area contributed by atoms with Crippen molar-refractivity contribution in [1.82, 2.24) is 9.78 Å².